The Kier molecular flexibility index (Phi) is 12.9. The average Bonchev–Trinajstić information content (AvgIpc) is 2.84. The van der Waals surface area contributed by atoms with Crippen LogP contribution in [0.4, 0.5) is 11.4 Å². The van der Waals surface area contributed by atoms with Crippen LogP contribution in [-0.2, 0) is 6.42 Å². The van der Waals surface area contributed by atoms with Crippen molar-refractivity contribution < 1.29 is 0 Å². The Balaban J connectivity index is 0.00000364. The lowest BCUT2D eigenvalue weighted by Gasteiger charge is -2.10. The molecule has 0 bridgehead atoms. The molecule has 7 heteroatoms. The minimum Gasteiger partial charge on any atom is -0.399 e. The van der Waals surface area contributed by atoms with Gasteiger partial charge in [-0.1, -0.05) is 0 Å². The first-order chi connectivity index (χ1) is 12.8. The summed E-state index contributed by atoms with van der Waals surface area (Å²) in [6.45, 7) is 5.90. The topological polar surface area (TPSA) is 100 Å². The SMILES string of the molecule is Cl.NCCCNCCCCNCCCN=C1CCCc2cc(N)ccc2N1. The van der Waals surface area contributed by atoms with Crippen molar-refractivity contribution in [3.63, 3.8) is 0 Å². The molecule has 0 saturated heterocycles. The van der Waals surface area contributed by atoms with Crippen molar-refractivity contribution in [2.24, 2.45) is 10.7 Å². The number of fused-ring (bicyclic) bond motifs is 1. The number of hydrogen-bond acceptors (Lipinski definition) is 5. The molecule has 1 heterocycles. The summed E-state index contributed by atoms with van der Waals surface area (Å²) >= 11 is 0. The third-order valence-corrected chi connectivity index (χ3v) is 4.60. The maximum Gasteiger partial charge on any atom is 0.101 e. The molecule has 1 aromatic carbocycles. The van der Waals surface area contributed by atoms with Gasteiger partial charge in [0.2, 0.25) is 0 Å². The highest BCUT2D eigenvalue weighted by Crippen LogP contribution is 2.24. The zero-order valence-electron chi connectivity index (χ0n) is 16.4. The molecule has 27 heavy (non-hydrogen) atoms. The molecule has 0 radical (unpaired) electrons. The van der Waals surface area contributed by atoms with Gasteiger partial charge in [0.1, 0.15) is 5.84 Å². The van der Waals surface area contributed by atoms with Crippen molar-refractivity contribution in [3.05, 3.63) is 23.8 Å². The second-order valence-corrected chi connectivity index (χ2v) is 6.93. The summed E-state index contributed by atoms with van der Waals surface area (Å²) in [6.07, 6.45) is 7.77. The predicted molar refractivity (Wildman–Crippen MR) is 120 cm³/mol. The molecule has 0 aromatic heterocycles. The van der Waals surface area contributed by atoms with Crippen LogP contribution in [0.2, 0.25) is 0 Å². The number of aryl methyl sites for hydroxylation is 1. The summed E-state index contributed by atoms with van der Waals surface area (Å²) in [5, 5.41) is 10.4. The number of hydrogen-bond donors (Lipinski definition) is 5. The second-order valence-electron chi connectivity index (χ2n) is 6.93. The molecular formula is C20H37ClN6. The molecule has 7 N–H and O–H groups in total. The fraction of sp³-hybridized carbons (Fsp3) is 0.650. The van der Waals surface area contributed by atoms with Crippen molar-refractivity contribution in [3.8, 4) is 0 Å². The second kappa shape index (κ2) is 14.7. The van der Waals surface area contributed by atoms with Crippen LogP contribution in [0.1, 0.15) is 44.1 Å². The number of anilines is 2. The summed E-state index contributed by atoms with van der Waals surface area (Å²) in [7, 11) is 0. The fourth-order valence-corrected chi connectivity index (χ4v) is 3.12. The molecule has 0 amide bonds. The van der Waals surface area contributed by atoms with Crippen molar-refractivity contribution >= 4 is 29.6 Å². The number of nitrogens with two attached hydrogens (primary N) is 2. The Morgan fingerprint density at radius 1 is 0.963 bits per heavy atom. The molecular weight excluding hydrogens is 360 g/mol. The molecule has 0 unspecified atom stereocenters. The molecule has 0 aliphatic carbocycles. The number of nitrogens with one attached hydrogen (secondary N) is 3. The molecule has 1 aliphatic rings. The number of halogens is 1. The maximum atomic E-state index is 5.88. The monoisotopic (exact) mass is 396 g/mol. The quantitative estimate of drug-likeness (QED) is 0.276. The number of benzene rings is 1. The van der Waals surface area contributed by atoms with Gasteiger partial charge in [0.25, 0.3) is 0 Å². The first-order valence-corrected chi connectivity index (χ1v) is 10.1. The molecule has 0 spiro atoms. The number of nitrogens with zero attached hydrogens (tertiary/aromatic N) is 1. The van der Waals surface area contributed by atoms with E-state index in [-0.39, 0.29) is 12.4 Å². The van der Waals surface area contributed by atoms with Crippen molar-refractivity contribution in [1.82, 2.24) is 10.6 Å². The van der Waals surface area contributed by atoms with E-state index in [4.69, 9.17) is 16.5 Å². The summed E-state index contributed by atoms with van der Waals surface area (Å²) < 4.78 is 0. The van der Waals surface area contributed by atoms with Crippen molar-refractivity contribution in [1.29, 1.82) is 0 Å². The summed E-state index contributed by atoms with van der Waals surface area (Å²) in [5.41, 5.74) is 14.6. The normalized spacial score (nSPS) is 14.9. The third-order valence-electron chi connectivity index (χ3n) is 4.60. The molecule has 1 aromatic rings. The van der Waals surface area contributed by atoms with Gasteiger partial charge in [-0.05, 0) is 95.0 Å². The first-order valence-electron chi connectivity index (χ1n) is 10.1. The predicted octanol–water partition coefficient (Wildman–Crippen LogP) is 2.54. The molecule has 154 valence electrons. The summed E-state index contributed by atoms with van der Waals surface area (Å²) in [4.78, 5) is 4.75. The van der Waals surface area contributed by atoms with Gasteiger partial charge in [0, 0.05) is 24.3 Å². The van der Waals surface area contributed by atoms with Gasteiger partial charge in [-0.25, -0.2) is 0 Å². The highest BCUT2D eigenvalue weighted by Gasteiger charge is 2.11. The Morgan fingerprint density at radius 2 is 1.67 bits per heavy atom. The number of amidine groups is 1. The number of unbranched alkanes of at least 4 members (excludes halogenated alkanes) is 1. The van der Waals surface area contributed by atoms with Crippen LogP contribution in [0.25, 0.3) is 0 Å². The van der Waals surface area contributed by atoms with Crippen LogP contribution in [-0.4, -0.2) is 45.1 Å². The van der Waals surface area contributed by atoms with E-state index in [1.807, 2.05) is 6.07 Å². The van der Waals surface area contributed by atoms with Gasteiger partial charge < -0.3 is 27.4 Å². The maximum absolute atomic E-state index is 5.88. The van der Waals surface area contributed by atoms with Crippen LogP contribution >= 0.6 is 12.4 Å². The lowest BCUT2D eigenvalue weighted by Crippen LogP contribution is -2.22. The summed E-state index contributed by atoms with van der Waals surface area (Å²) in [6, 6.07) is 6.09. The van der Waals surface area contributed by atoms with Gasteiger partial charge in [-0.2, -0.15) is 0 Å². The smallest absolute Gasteiger partial charge is 0.101 e. The lowest BCUT2D eigenvalue weighted by atomic mass is 10.1. The minimum atomic E-state index is 0. The van der Waals surface area contributed by atoms with Crippen molar-refractivity contribution in [2.45, 2.75) is 44.9 Å². The van der Waals surface area contributed by atoms with E-state index < -0.39 is 0 Å². The molecule has 1 aliphatic heterocycles. The Morgan fingerprint density at radius 3 is 2.41 bits per heavy atom. The van der Waals surface area contributed by atoms with Gasteiger partial charge in [0.05, 0.1) is 0 Å². The molecule has 0 saturated carbocycles. The highest BCUT2D eigenvalue weighted by molar-refractivity contribution is 5.96. The molecule has 0 atom stereocenters. The van der Waals surface area contributed by atoms with E-state index in [9.17, 15) is 0 Å². The van der Waals surface area contributed by atoms with Gasteiger partial charge >= 0.3 is 0 Å². The molecule has 0 fully saturated rings. The first kappa shape index (κ1) is 23.7. The number of nitrogen functional groups attached to an aromatic ring is 1. The van der Waals surface area contributed by atoms with E-state index in [2.05, 4.69) is 28.1 Å². The van der Waals surface area contributed by atoms with Crippen LogP contribution in [0.15, 0.2) is 23.2 Å². The van der Waals surface area contributed by atoms with E-state index in [0.717, 1.165) is 88.6 Å². The van der Waals surface area contributed by atoms with Crippen LogP contribution in [0.3, 0.4) is 0 Å². The van der Waals surface area contributed by atoms with Crippen LogP contribution in [0.5, 0.6) is 0 Å². The van der Waals surface area contributed by atoms with Crippen LogP contribution < -0.4 is 27.4 Å². The third kappa shape index (κ3) is 9.96. The minimum absolute atomic E-state index is 0. The Labute approximate surface area is 170 Å². The van der Waals surface area contributed by atoms with Gasteiger partial charge in [0.15, 0.2) is 0 Å². The Bertz CT molecular complexity index is 549. The van der Waals surface area contributed by atoms with E-state index >= 15 is 0 Å². The Hall–Kier alpha value is -1.34. The standard InChI is InChI=1S/C20H36N6.ClH/c21-10-4-13-23-11-1-2-12-24-14-5-15-25-20-7-3-6-17-16-18(22)8-9-19(17)26-20;/h8-9,16,23-24H,1-7,10-15,21-22H2,(H,25,26);1H. The molecule has 2 rings (SSSR count). The van der Waals surface area contributed by atoms with E-state index in [1.165, 1.54) is 18.4 Å². The van der Waals surface area contributed by atoms with E-state index in [0.29, 0.717) is 0 Å². The summed E-state index contributed by atoms with van der Waals surface area (Å²) in [5.74, 6) is 1.11. The van der Waals surface area contributed by atoms with Gasteiger partial charge in [-0.3, -0.25) is 4.99 Å². The van der Waals surface area contributed by atoms with Crippen molar-refractivity contribution in [2.75, 3.05) is 50.3 Å². The fourth-order valence-electron chi connectivity index (χ4n) is 3.12. The van der Waals surface area contributed by atoms with Crippen LogP contribution in [0, 0.1) is 0 Å². The largest absolute Gasteiger partial charge is 0.399 e. The average molecular weight is 397 g/mol. The molecule has 6 nitrogen and oxygen atoms in total. The zero-order valence-corrected chi connectivity index (χ0v) is 17.3. The lowest BCUT2D eigenvalue weighted by molar-refractivity contribution is 0.570. The zero-order chi connectivity index (χ0) is 18.5. The number of aliphatic imine (C=N–C) groups is 1. The number of rotatable bonds is 12. The highest BCUT2D eigenvalue weighted by atomic mass is 35.5. The van der Waals surface area contributed by atoms with E-state index in [1.54, 1.807) is 0 Å². The van der Waals surface area contributed by atoms with Gasteiger partial charge in [-0.15, -0.1) is 12.4 Å².